The molecule has 0 saturated carbocycles. The number of anilines is 3. The van der Waals surface area contributed by atoms with E-state index in [4.69, 9.17) is 0 Å². The number of hydrogen-bond acceptors (Lipinski definition) is 4. The highest BCUT2D eigenvalue weighted by Crippen LogP contribution is 2.22. The van der Waals surface area contributed by atoms with E-state index in [0.717, 1.165) is 25.8 Å². The van der Waals surface area contributed by atoms with Gasteiger partial charge in [0, 0.05) is 18.3 Å². The fraction of sp³-hybridized carbons (Fsp3) is 0.375. The maximum Gasteiger partial charge on any atom is 0.224 e. The van der Waals surface area contributed by atoms with E-state index in [1.807, 2.05) is 6.92 Å². The van der Waals surface area contributed by atoms with Crippen LogP contribution in [-0.2, 0) is 0 Å². The lowest BCUT2D eigenvalue weighted by atomic mass is 10.2. The Bertz CT molecular complexity index is 611. The molecule has 0 saturated heterocycles. The number of halogens is 2. The number of hydrogen-bond donors (Lipinski definition) is 2. The molecule has 1 aromatic carbocycles. The number of nitrogens with one attached hydrogen (secondary N) is 2. The molecule has 1 aromatic heterocycles. The second-order valence-corrected chi connectivity index (χ2v) is 5.07. The minimum absolute atomic E-state index is 0.211. The fourth-order valence-corrected chi connectivity index (χ4v) is 2.03. The first-order valence-electron chi connectivity index (χ1n) is 7.40. The fourth-order valence-electron chi connectivity index (χ4n) is 2.03. The Kier molecular flexibility index (Phi) is 5.63. The van der Waals surface area contributed by atoms with Crippen molar-refractivity contribution in [3.05, 3.63) is 41.6 Å². The largest absolute Gasteiger partial charge is 0.354 e. The van der Waals surface area contributed by atoms with Gasteiger partial charge in [-0.3, -0.25) is 0 Å². The third kappa shape index (κ3) is 4.38. The van der Waals surface area contributed by atoms with Crippen LogP contribution in [0, 0.1) is 18.6 Å². The minimum Gasteiger partial charge on any atom is -0.354 e. The van der Waals surface area contributed by atoms with Crippen LogP contribution in [0.2, 0.25) is 0 Å². The lowest BCUT2D eigenvalue weighted by Gasteiger charge is -2.11. The molecule has 0 aliphatic rings. The molecule has 0 bridgehead atoms. The molecule has 22 heavy (non-hydrogen) atoms. The number of unbranched alkanes of at least 4 members (excludes halogenated alkanes) is 2. The number of para-hydroxylation sites is 1. The Morgan fingerprint density at radius 2 is 1.82 bits per heavy atom. The monoisotopic (exact) mass is 306 g/mol. The van der Waals surface area contributed by atoms with Crippen LogP contribution in [0.15, 0.2) is 24.3 Å². The van der Waals surface area contributed by atoms with Crippen LogP contribution in [0.3, 0.4) is 0 Å². The van der Waals surface area contributed by atoms with Crippen LogP contribution < -0.4 is 10.6 Å². The van der Waals surface area contributed by atoms with Gasteiger partial charge in [0.05, 0.1) is 0 Å². The van der Waals surface area contributed by atoms with Crippen LogP contribution in [0.5, 0.6) is 0 Å². The van der Waals surface area contributed by atoms with Crippen molar-refractivity contribution in [2.24, 2.45) is 0 Å². The second-order valence-electron chi connectivity index (χ2n) is 5.07. The van der Waals surface area contributed by atoms with Crippen molar-refractivity contribution >= 4 is 17.5 Å². The standard InChI is InChI=1S/C16H20F2N4/c1-3-4-5-9-19-16-20-11(2)10-14(22-16)21-15-12(17)7-6-8-13(15)18/h6-8,10H,3-5,9H2,1-2H3,(H2,19,20,21,22). The molecule has 0 radical (unpaired) electrons. The normalized spacial score (nSPS) is 10.5. The van der Waals surface area contributed by atoms with E-state index in [1.165, 1.54) is 18.2 Å². The van der Waals surface area contributed by atoms with E-state index in [2.05, 4.69) is 27.5 Å². The first-order chi connectivity index (χ1) is 10.6. The van der Waals surface area contributed by atoms with Crippen molar-refractivity contribution in [1.82, 2.24) is 9.97 Å². The van der Waals surface area contributed by atoms with E-state index < -0.39 is 11.6 Å². The van der Waals surface area contributed by atoms with Gasteiger partial charge in [-0.1, -0.05) is 25.8 Å². The average Bonchev–Trinajstić information content (AvgIpc) is 2.47. The zero-order valence-electron chi connectivity index (χ0n) is 12.8. The van der Waals surface area contributed by atoms with Crippen molar-refractivity contribution in [3.63, 3.8) is 0 Å². The Morgan fingerprint density at radius 1 is 1.09 bits per heavy atom. The Morgan fingerprint density at radius 3 is 2.50 bits per heavy atom. The van der Waals surface area contributed by atoms with Gasteiger partial charge >= 0.3 is 0 Å². The number of aromatic nitrogens is 2. The summed E-state index contributed by atoms with van der Waals surface area (Å²) in [4.78, 5) is 8.51. The predicted octanol–water partition coefficient (Wildman–Crippen LogP) is 4.41. The molecule has 2 N–H and O–H groups in total. The quantitative estimate of drug-likeness (QED) is 0.744. The smallest absolute Gasteiger partial charge is 0.224 e. The number of nitrogens with zero attached hydrogens (tertiary/aromatic N) is 2. The van der Waals surface area contributed by atoms with E-state index in [9.17, 15) is 8.78 Å². The Balaban J connectivity index is 2.12. The van der Waals surface area contributed by atoms with Gasteiger partial charge in [0.25, 0.3) is 0 Å². The van der Waals surface area contributed by atoms with E-state index >= 15 is 0 Å². The van der Waals surface area contributed by atoms with Gasteiger partial charge in [-0.25, -0.2) is 13.8 Å². The SMILES string of the molecule is CCCCCNc1nc(C)cc(Nc2c(F)cccc2F)n1. The second kappa shape index (κ2) is 7.68. The van der Waals surface area contributed by atoms with Crippen LogP contribution in [0.4, 0.5) is 26.2 Å². The summed E-state index contributed by atoms with van der Waals surface area (Å²) in [6.45, 7) is 4.71. The van der Waals surface area contributed by atoms with Gasteiger partial charge < -0.3 is 10.6 Å². The summed E-state index contributed by atoms with van der Waals surface area (Å²) in [6, 6.07) is 5.36. The molecule has 118 valence electrons. The van der Waals surface area contributed by atoms with Gasteiger partial charge in [-0.05, 0) is 25.5 Å². The lowest BCUT2D eigenvalue weighted by molar-refractivity contribution is 0.590. The van der Waals surface area contributed by atoms with Gasteiger partial charge in [0.2, 0.25) is 5.95 Å². The maximum absolute atomic E-state index is 13.7. The van der Waals surface area contributed by atoms with Crippen LogP contribution in [0.25, 0.3) is 0 Å². The van der Waals surface area contributed by atoms with Crippen molar-refractivity contribution in [2.45, 2.75) is 33.1 Å². The molecule has 2 rings (SSSR count). The van der Waals surface area contributed by atoms with Crippen molar-refractivity contribution < 1.29 is 8.78 Å². The molecule has 0 spiro atoms. The molecule has 1 heterocycles. The topological polar surface area (TPSA) is 49.8 Å². The van der Waals surface area contributed by atoms with Gasteiger partial charge in [-0.2, -0.15) is 4.98 Å². The van der Waals surface area contributed by atoms with Crippen molar-refractivity contribution in [1.29, 1.82) is 0 Å². The summed E-state index contributed by atoms with van der Waals surface area (Å²) in [5.74, 6) is -0.507. The molecule has 0 amide bonds. The van der Waals surface area contributed by atoms with Crippen LogP contribution >= 0.6 is 0 Å². The van der Waals surface area contributed by atoms with Gasteiger partial charge in [-0.15, -0.1) is 0 Å². The van der Waals surface area contributed by atoms with Crippen molar-refractivity contribution in [3.8, 4) is 0 Å². The third-order valence-corrected chi connectivity index (χ3v) is 3.13. The summed E-state index contributed by atoms with van der Waals surface area (Å²) < 4.78 is 27.3. The highest BCUT2D eigenvalue weighted by molar-refractivity contribution is 5.58. The average molecular weight is 306 g/mol. The van der Waals surface area contributed by atoms with E-state index in [-0.39, 0.29) is 5.69 Å². The van der Waals surface area contributed by atoms with Gasteiger partial charge in [0.1, 0.15) is 23.1 Å². The highest BCUT2D eigenvalue weighted by atomic mass is 19.1. The van der Waals surface area contributed by atoms with E-state index in [1.54, 1.807) is 6.07 Å². The zero-order chi connectivity index (χ0) is 15.9. The number of benzene rings is 1. The molecular formula is C16H20F2N4. The summed E-state index contributed by atoms with van der Waals surface area (Å²) in [5.41, 5.74) is 0.504. The van der Waals surface area contributed by atoms with Gasteiger partial charge in [0.15, 0.2) is 0 Å². The molecule has 0 fully saturated rings. The van der Waals surface area contributed by atoms with E-state index in [0.29, 0.717) is 17.5 Å². The molecule has 0 aliphatic carbocycles. The zero-order valence-corrected chi connectivity index (χ0v) is 12.8. The number of aryl methyl sites for hydroxylation is 1. The summed E-state index contributed by atoms with van der Waals surface area (Å²) >= 11 is 0. The first kappa shape index (κ1) is 16.1. The van der Waals surface area contributed by atoms with Crippen LogP contribution in [-0.4, -0.2) is 16.5 Å². The third-order valence-electron chi connectivity index (χ3n) is 3.13. The molecule has 6 heteroatoms. The molecule has 0 atom stereocenters. The van der Waals surface area contributed by atoms with Crippen LogP contribution in [0.1, 0.15) is 31.9 Å². The predicted molar refractivity (Wildman–Crippen MR) is 84.4 cm³/mol. The molecular weight excluding hydrogens is 286 g/mol. The highest BCUT2D eigenvalue weighted by Gasteiger charge is 2.10. The Labute approximate surface area is 129 Å². The number of rotatable bonds is 7. The minimum atomic E-state index is -0.659. The molecule has 0 unspecified atom stereocenters. The molecule has 2 aromatic rings. The summed E-state index contributed by atoms with van der Waals surface area (Å²) in [5, 5.41) is 5.81. The molecule has 4 nitrogen and oxygen atoms in total. The maximum atomic E-state index is 13.7. The molecule has 0 aliphatic heterocycles. The lowest BCUT2D eigenvalue weighted by Crippen LogP contribution is -2.08. The Hall–Kier alpha value is -2.24. The summed E-state index contributed by atoms with van der Waals surface area (Å²) in [6.07, 6.45) is 3.29. The summed E-state index contributed by atoms with van der Waals surface area (Å²) in [7, 11) is 0. The first-order valence-corrected chi connectivity index (χ1v) is 7.40. The van der Waals surface area contributed by atoms with Crippen molar-refractivity contribution in [2.75, 3.05) is 17.2 Å².